The van der Waals surface area contributed by atoms with Gasteiger partial charge in [-0.1, -0.05) is 48.5 Å². The van der Waals surface area contributed by atoms with Crippen molar-refractivity contribution in [2.75, 3.05) is 25.8 Å². The predicted octanol–water partition coefficient (Wildman–Crippen LogP) is 4.45. The fourth-order valence-electron chi connectivity index (χ4n) is 4.72. The van der Waals surface area contributed by atoms with Gasteiger partial charge in [-0.25, -0.2) is 5.01 Å². The maximum absolute atomic E-state index is 13.5. The molecule has 6 heteroatoms. The van der Waals surface area contributed by atoms with E-state index >= 15 is 0 Å². The van der Waals surface area contributed by atoms with Crippen LogP contribution in [0.2, 0.25) is 0 Å². The largest absolute Gasteiger partial charge is 0.493 e. The SMILES string of the molecule is COc1cc2c(cc1OC)C1(C)N(CC2)C(C(=O)c2ccccc2)=NN1c1ccccc1. The number of rotatable bonds is 5. The van der Waals surface area contributed by atoms with Gasteiger partial charge in [-0.3, -0.25) is 4.79 Å². The molecule has 2 aliphatic heterocycles. The van der Waals surface area contributed by atoms with Crippen molar-refractivity contribution in [1.29, 1.82) is 0 Å². The fourth-order valence-corrected chi connectivity index (χ4v) is 4.72. The van der Waals surface area contributed by atoms with E-state index in [-0.39, 0.29) is 5.78 Å². The second kappa shape index (κ2) is 7.71. The first-order valence-corrected chi connectivity index (χ1v) is 10.6. The molecule has 2 aliphatic rings. The van der Waals surface area contributed by atoms with Crippen molar-refractivity contribution in [2.45, 2.75) is 19.0 Å². The number of hydrazone groups is 1. The summed E-state index contributed by atoms with van der Waals surface area (Å²) >= 11 is 0. The molecule has 0 saturated carbocycles. The van der Waals surface area contributed by atoms with Crippen LogP contribution in [0.4, 0.5) is 5.69 Å². The molecule has 3 aromatic rings. The van der Waals surface area contributed by atoms with Crippen molar-refractivity contribution in [3.63, 3.8) is 0 Å². The second-order valence-electron chi connectivity index (χ2n) is 8.05. The van der Waals surface area contributed by atoms with E-state index in [1.165, 1.54) is 0 Å². The first kappa shape index (κ1) is 20.1. The Hall–Kier alpha value is -3.80. The number of anilines is 1. The Morgan fingerprint density at radius 2 is 1.56 bits per heavy atom. The normalized spacial score (nSPS) is 19.2. The Morgan fingerprint density at radius 3 is 2.22 bits per heavy atom. The minimum absolute atomic E-state index is 0.0841. The first-order valence-electron chi connectivity index (χ1n) is 10.6. The molecule has 32 heavy (non-hydrogen) atoms. The van der Waals surface area contributed by atoms with Gasteiger partial charge in [-0.15, -0.1) is 5.10 Å². The van der Waals surface area contributed by atoms with Gasteiger partial charge in [0.15, 0.2) is 23.0 Å². The smallest absolute Gasteiger partial charge is 0.229 e. The molecule has 0 aliphatic carbocycles. The Labute approximate surface area is 187 Å². The molecule has 5 rings (SSSR count). The standard InChI is InChI=1S/C26H25N3O3/c1-26-21-17-23(32-3)22(31-2)16-19(21)14-15-28(26)25(24(30)18-10-6-4-7-11-18)27-29(26)20-12-8-5-9-13-20/h4-13,16-17H,14-15H2,1-3H3. The lowest BCUT2D eigenvalue weighted by atomic mass is 9.86. The molecule has 0 amide bonds. The van der Waals surface area contributed by atoms with Crippen molar-refractivity contribution in [3.05, 3.63) is 89.5 Å². The maximum atomic E-state index is 13.5. The number of Topliss-reactive ketones (excluding diaryl/α,β-unsaturated/α-hetero) is 1. The van der Waals surface area contributed by atoms with Gasteiger partial charge in [0.2, 0.25) is 5.78 Å². The minimum Gasteiger partial charge on any atom is -0.493 e. The third-order valence-corrected chi connectivity index (χ3v) is 6.35. The van der Waals surface area contributed by atoms with Gasteiger partial charge in [0.05, 0.1) is 19.9 Å². The van der Waals surface area contributed by atoms with Crippen LogP contribution in [0.15, 0.2) is 77.9 Å². The summed E-state index contributed by atoms with van der Waals surface area (Å²) in [5.41, 5.74) is 3.06. The molecular formula is C26H25N3O3. The van der Waals surface area contributed by atoms with Gasteiger partial charge in [0, 0.05) is 17.7 Å². The summed E-state index contributed by atoms with van der Waals surface area (Å²) in [5, 5.41) is 6.85. The molecule has 0 aromatic heterocycles. The van der Waals surface area contributed by atoms with Crippen LogP contribution in [0, 0.1) is 0 Å². The maximum Gasteiger partial charge on any atom is 0.229 e. The van der Waals surface area contributed by atoms with Crippen LogP contribution in [0.25, 0.3) is 0 Å². The lowest BCUT2D eigenvalue weighted by Gasteiger charge is -2.46. The molecule has 2 heterocycles. The van der Waals surface area contributed by atoms with Gasteiger partial charge in [-0.2, -0.15) is 0 Å². The number of benzene rings is 3. The highest BCUT2D eigenvalue weighted by Crippen LogP contribution is 2.47. The number of carbonyl (C=O) groups excluding carboxylic acids is 1. The van der Waals surface area contributed by atoms with Gasteiger partial charge in [0.1, 0.15) is 0 Å². The number of methoxy groups -OCH3 is 2. The zero-order chi connectivity index (χ0) is 22.3. The number of hydrogen-bond donors (Lipinski definition) is 0. The average Bonchev–Trinajstić information content (AvgIpc) is 3.17. The van der Waals surface area contributed by atoms with Gasteiger partial charge < -0.3 is 14.4 Å². The van der Waals surface area contributed by atoms with E-state index in [4.69, 9.17) is 14.6 Å². The summed E-state index contributed by atoms with van der Waals surface area (Å²) in [6.45, 7) is 2.78. The van der Waals surface area contributed by atoms with Gasteiger partial charge >= 0.3 is 0 Å². The molecule has 1 atom stereocenters. The highest BCUT2D eigenvalue weighted by Gasteiger charge is 2.52. The number of para-hydroxylation sites is 1. The highest BCUT2D eigenvalue weighted by molar-refractivity contribution is 6.45. The van der Waals surface area contributed by atoms with Crippen LogP contribution in [0.1, 0.15) is 28.4 Å². The van der Waals surface area contributed by atoms with Crippen molar-refractivity contribution in [3.8, 4) is 11.5 Å². The number of fused-ring (bicyclic) bond motifs is 3. The molecule has 0 saturated heterocycles. The summed E-state index contributed by atoms with van der Waals surface area (Å²) in [6.07, 6.45) is 0.773. The van der Waals surface area contributed by atoms with E-state index in [0.29, 0.717) is 29.4 Å². The van der Waals surface area contributed by atoms with Gasteiger partial charge in [-0.05, 0) is 43.2 Å². The first-order chi connectivity index (χ1) is 15.6. The topological polar surface area (TPSA) is 54.4 Å². The minimum atomic E-state index is -0.686. The molecule has 0 fully saturated rings. The van der Waals surface area contributed by atoms with Crippen LogP contribution in [0.5, 0.6) is 11.5 Å². The fraction of sp³-hybridized carbons (Fsp3) is 0.231. The second-order valence-corrected chi connectivity index (χ2v) is 8.05. The highest BCUT2D eigenvalue weighted by atomic mass is 16.5. The number of nitrogens with zero attached hydrogens (tertiary/aromatic N) is 3. The number of ether oxygens (including phenoxy) is 2. The summed E-state index contributed by atoms with van der Waals surface area (Å²) in [4.78, 5) is 15.6. The third-order valence-electron chi connectivity index (χ3n) is 6.35. The van der Waals surface area contributed by atoms with E-state index in [1.807, 2.05) is 77.8 Å². The average molecular weight is 428 g/mol. The van der Waals surface area contributed by atoms with Crippen molar-refractivity contribution >= 4 is 17.3 Å². The van der Waals surface area contributed by atoms with E-state index in [2.05, 4.69) is 11.8 Å². The Kier molecular flexibility index (Phi) is 4.85. The van der Waals surface area contributed by atoms with Crippen LogP contribution < -0.4 is 14.5 Å². The van der Waals surface area contributed by atoms with Crippen LogP contribution >= 0.6 is 0 Å². The Bertz CT molecular complexity index is 1190. The predicted molar refractivity (Wildman–Crippen MR) is 124 cm³/mol. The number of carbonyl (C=O) groups is 1. The lowest BCUT2D eigenvalue weighted by Crippen LogP contribution is -2.55. The van der Waals surface area contributed by atoms with E-state index in [9.17, 15) is 4.79 Å². The zero-order valence-electron chi connectivity index (χ0n) is 18.4. The third kappa shape index (κ3) is 2.94. The van der Waals surface area contributed by atoms with Gasteiger partial charge in [0.25, 0.3) is 0 Å². The van der Waals surface area contributed by atoms with E-state index in [0.717, 1.165) is 23.2 Å². The summed E-state index contributed by atoms with van der Waals surface area (Å²) < 4.78 is 11.2. The van der Waals surface area contributed by atoms with E-state index < -0.39 is 5.66 Å². The van der Waals surface area contributed by atoms with Crippen LogP contribution in [-0.2, 0) is 12.1 Å². The molecule has 3 aromatic carbocycles. The van der Waals surface area contributed by atoms with Crippen molar-refractivity contribution < 1.29 is 14.3 Å². The summed E-state index contributed by atoms with van der Waals surface area (Å²) in [7, 11) is 3.28. The molecule has 0 spiro atoms. The van der Waals surface area contributed by atoms with Crippen LogP contribution in [-0.4, -0.2) is 37.3 Å². The monoisotopic (exact) mass is 427 g/mol. The van der Waals surface area contributed by atoms with E-state index in [1.54, 1.807) is 14.2 Å². The molecule has 0 radical (unpaired) electrons. The van der Waals surface area contributed by atoms with Crippen molar-refractivity contribution in [1.82, 2.24) is 4.90 Å². The summed E-state index contributed by atoms with van der Waals surface area (Å²) in [5.74, 6) is 1.72. The molecule has 0 N–H and O–H groups in total. The van der Waals surface area contributed by atoms with Crippen LogP contribution in [0.3, 0.4) is 0 Å². The quantitative estimate of drug-likeness (QED) is 0.563. The molecule has 162 valence electrons. The molecule has 1 unspecified atom stereocenters. The Morgan fingerprint density at radius 1 is 0.938 bits per heavy atom. The zero-order valence-corrected chi connectivity index (χ0v) is 18.4. The number of hydrogen-bond acceptors (Lipinski definition) is 6. The van der Waals surface area contributed by atoms with Crippen molar-refractivity contribution in [2.24, 2.45) is 5.10 Å². The Balaban J connectivity index is 1.69. The molecular weight excluding hydrogens is 402 g/mol. The lowest BCUT2D eigenvalue weighted by molar-refractivity contribution is 0.103. The number of ketones is 1. The molecule has 6 nitrogen and oxygen atoms in total. The number of amidine groups is 1. The molecule has 0 bridgehead atoms. The summed E-state index contributed by atoms with van der Waals surface area (Å²) in [6, 6.07) is 23.3.